The fourth-order valence-electron chi connectivity index (χ4n) is 1.68. The molecule has 0 bridgehead atoms. The molecule has 1 aromatic carbocycles. The summed E-state index contributed by atoms with van der Waals surface area (Å²) >= 11 is 6.21. The van der Waals surface area contributed by atoms with Crippen LogP contribution in [0.1, 0.15) is 31.1 Å². The molecule has 1 aromatic rings. The number of anilines is 1. The minimum atomic E-state index is -0.0550. The highest BCUT2D eigenvalue weighted by Gasteiger charge is 2.22. The zero-order chi connectivity index (χ0) is 13.1. The van der Waals surface area contributed by atoms with Crippen LogP contribution in [0, 0.1) is 0 Å². The van der Waals surface area contributed by atoms with Gasteiger partial charge in [0.2, 0.25) is 0 Å². The van der Waals surface area contributed by atoms with E-state index in [9.17, 15) is 4.79 Å². The van der Waals surface area contributed by atoms with Crippen LogP contribution in [0.5, 0.6) is 0 Å². The highest BCUT2D eigenvalue weighted by atomic mass is 35.5. The van der Waals surface area contributed by atoms with Crippen LogP contribution in [0.25, 0.3) is 0 Å². The molecule has 0 aromatic heterocycles. The predicted octanol–water partition coefficient (Wildman–Crippen LogP) is 3.94. The standard InChI is InChI=1S/C14H18ClNO/c1-5-8-16(14(2,3)4)13-7-6-11(10-17)9-12(13)15/h5-7,9-10H,1,8H2,2-4H3. The molecule has 0 amide bonds. The first-order valence-electron chi connectivity index (χ1n) is 5.53. The third-order valence-corrected chi connectivity index (χ3v) is 2.82. The van der Waals surface area contributed by atoms with Crippen molar-refractivity contribution >= 4 is 23.6 Å². The van der Waals surface area contributed by atoms with Crippen molar-refractivity contribution in [3.8, 4) is 0 Å². The van der Waals surface area contributed by atoms with E-state index in [0.29, 0.717) is 17.1 Å². The van der Waals surface area contributed by atoms with Gasteiger partial charge in [-0.15, -0.1) is 6.58 Å². The van der Waals surface area contributed by atoms with Crippen molar-refractivity contribution in [3.05, 3.63) is 41.4 Å². The van der Waals surface area contributed by atoms with E-state index >= 15 is 0 Å². The molecule has 0 spiro atoms. The molecule has 0 saturated carbocycles. The topological polar surface area (TPSA) is 20.3 Å². The van der Waals surface area contributed by atoms with Crippen LogP contribution < -0.4 is 4.90 Å². The van der Waals surface area contributed by atoms with E-state index in [1.165, 1.54) is 0 Å². The molecule has 0 heterocycles. The van der Waals surface area contributed by atoms with E-state index in [1.807, 2.05) is 12.1 Å². The number of carbonyl (C=O) groups is 1. The van der Waals surface area contributed by atoms with Crippen molar-refractivity contribution in [1.82, 2.24) is 0 Å². The average Bonchev–Trinajstić information content (AvgIpc) is 2.25. The summed E-state index contributed by atoms with van der Waals surface area (Å²) in [4.78, 5) is 12.8. The molecule has 17 heavy (non-hydrogen) atoms. The third-order valence-electron chi connectivity index (χ3n) is 2.52. The second-order valence-corrected chi connectivity index (χ2v) is 5.31. The second-order valence-electron chi connectivity index (χ2n) is 4.90. The van der Waals surface area contributed by atoms with Gasteiger partial charge in [0, 0.05) is 17.6 Å². The van der Waals surface area contributed by atoms with E-state index in [-0.39, 0.29) is 5.54 Å². The highest BCUT2D eigenvalue weighted by Crippen LogP contribution is 2.31. The molecule has 0 radical (unpaired) electrons. The summed E-state index contributed by atoms with van der Waals surface area (Å²) in [7, 11) is 0. The second kappa shape index (κ2) is 5.37. The Bertz CT molecular complexity index is 421. The summed E-state index contributed by atoms with van der Waals surface area (Å²) < 4.78 is 0. The summed E-state index contributed by atoms with van der Waals surface area (Å²) in [5.41, 5.74) is 1.46. The van der Waals surface area contributed by atoms with E-state index in [4.69, 9.17) is 11.6 Å². The van der Waals surface area contributed by atoms with E-state index < -0.39 is 0 Å². The SMILES string of the molecule is C=CCN(c1ccc(C=O)cc1Cl)C(C)(C)C. The Kier molecular flexibility index (Phi) is 4.35. The molecule has 0 aliphatic carbocycles. The minimum absolute atomic E-state index is 0.0550. The van der Waals surface area contributed by atoms with E-state index in [1.54, 1.807) is 12.1 Å². The maximum absolute atomic E-state index is 10.7. The van der Waals surface area contributed by atoms with Gasteiger partial charge in [0.25, 0.3) is 0 Å². The maximum Gasteiger partial charge on any atom is 0.150 e. The highest BCUT2D eigenvalue weighted by molar-refractivity contribution is 6.33. The number of benzene rings is 1. The first-order chi connectivity index (χ1) is 7.90. The summed E-state index contributed by atoms with van der Waals surface area (Å²) in [6, 6.07) is 5.34. The van der Waals surface area contributed by atoms with Crippen molar-refractivity contribution in [1.29, 1.82) is 0 Å². The van der Waals surface area contributed by atoms with Crippen molar-refractivity contribution in [3.63, 3.8) is 0 Å². The van der Waals surface area contributed by atoms with Gasteiger partial charge in [-0.1, -0.05) is 17.7 Å². The van der Waals surface area contributed by atoms with Crippen LogP contribution in [-0.2, 0) is 0 Å². The Hall–Kier alpha value is -1.28. The first kappa shape index (κ1) is 13.8. The average molecular weight is 252 g/mol. The molecule has 0 N–H and O–H groups in total. The van der Waals surface area contributed by atoms with Gasteiger partial charge < -0.3 is 4.90 Å². The van der Waals surface area contributed by atoms with Crippen LogP contribution in [0.3, 0.4) is 0 Å². The lowest BCUT2D eigenvalue weighted by Gasteiger charge is -2.37. The van der Waals surface area contributed by atoms with Gasteiger partial charge in [-0.05, 0) is 39.0 Å². The number of carbonyl (C=O) groups excluding carboxylic acids is 1. The van der Waals surface area contributed by atoms with Gasteiger partial charge in [0.05, 0.1) is 10.7 Å². The van der Waals surface area contributed by atoms with Crippen molar-refractivity contribution in [2.75, 3.05) is 11.4 Å². The molecule has 0 unspecified atom stereocenters. The summed E-state index contributed by atoms with van der Waals surface area (Å²) in [5, 5.41) is 0.589. The van der Waals surface area contributed by atoms with Crippen LogP contribution in [0.2, 0.25) is 5.02 Å². The number of rotatable bonds is 4. The van der Waals surface area contributed by atoms with Crippen molar-refractivity contribution in [2.24, 2.45) is 0 Å². The van der Waals surface area contributed by atoms with Crippen LogP contribution in [0.4, 0.5) is 5.69 Å². The smallest absolute Gasteiger partial charge is 0.150 e. The van der Waals surface area contributed by atoms with E-state index in [0.717, 1.165) is 12.0 Å². The molecule has 0 saturated heterocycles. The Morgan fingerprint density at radius 1 is 1.41 bits per heavy atom. The van der Waals surface area contributed by atoms with Crippen LogP contribution >= 0.6 is 11.6 Å². The normalized spacial score (nSPS) is 11.1. The number of halogens is 1. The fourth-order valence-corrected chi connectivity index (χ4v) is 1.97. The van der Waals surface area contributed by atoms with Gasteiger partial charge in [0.1, 0.15) is 6.29 Å². The molecule has 3 heteroatoms. The third kappa shape index (κ3) is 3.34. The Labute approximate surface area is 108 Å². The molecular formula is C14H18ClNO. The molecule has 0 atom stereocenters. The molecule has 0 aliphatic rings. The van der Waals surface area contributed by atoms with Gasteiger partial charge in [-0.2, -0.15) is 0 Å². The molecule has 1 rings (SSSR count). The minimum Gasteiger partial charge on any atom is -0.362 e. The number of hydrogen-bond acceptors (Lipinski definition) is 2. The molecular weight excluding hydrogens is 234 g/mol. The summed E-state index contributed by atoms with van der Waals surface area (Å²) in [6.07, 6.45) is 2.64. The largest absolute Gasteiger partial charge is 0.362 e. The van der Waals surface area contributed by atoms with Crippen LogP contribution in [-0.4, -0.2) is 18.4 Å². The van der Waals surface area contributed by atoms with Crippen LogP contribution in [0.15, 0.2) is 30.9 Å². The molecule has 2 nitrogen and oxygen atoms in total. The maximum atomic E-state index is 10.7. The van der Waals surface area contributed by atoms with Gasteiger partial charge >= 0.3 is 0 Å². The molecule has 0 aliphatic heterocycles. The Morgan fingerprint density at radius 2 is 2.06 bits per heavy atom. The van der Waals surface area contributed by atoms with Gasteiger partial charge in [0.15, 0.2) is 0 Å². The van der Waals surface area contributed by atoms with Crippen molar-refractivity contribution in [2.45, 2.75) is 26.3 Å². The molecule has 92 valence electrons. The number of aldehydes is 1. The monoisotopic (exact) mass is 251 g/mol. The molecule has 0 fully saturated rings. The van der Waals surface area contributed by atoms with Gasteiger partial charge in [-0.25, -0.2) is 0 Å². The lowest BCUT2D eigenvalue weighted by Crippen LogP contribution is -2.41. The zero-order valence-electron chi connectivity index (χ0n) is 10.5. The van der Waals surface area contributed by atoms with Gasteiger partial charge in [-0.3, -0.25) is 4.79 Å². The van der Waals surface area contributed by atoms with E-state index in [2.05, 4.69) is 32.3 Å². The fraction of sp³-hybridized carbons (Fsp3) is 0.357. The lowest BCUT2D eigenvalue weighted by atomic mass is 10.0. The Morgan fingerprint density at radius 3 is 2.47 bits per heavy atom. The number of nitrogens with zero attached hydrogens (tertiary/aromatic N) is 1. The zero-order valence-corrected chi connectivity index (χ0v) is 11.3. The lowest BCUT2D eigenvalue weighted by molar-refractivity contribution is 0.112. The summed E-state index contributed by atoms with van der Waals surface area (Å²) in [5.74, 6) is 0. The van der Waals surface area contributed by atoms with Crippen molar-refractivity contribution < 1.29 is 4.79 Å². The Balaban J connectivity index is 3.19. The first-order valence-corrected chi connectivity index (χ1v) is 5.91. The number of hydrogen-bond donors (Lipinski definition) is 0. The quantitative estimate of drug-likeness (QED) is 0.597. The summed E-state index contributed by atoms with van der Waals surface area (Å²) in [6.45, 7) is 10.8. The predicted molar refractivity (Wildman–Crippen MR) is 74.1 cm³/mol.